The van der Waals surface area contributed by atoms with Crippen LogP contribution in [0.25, 0.3) is 22.6 Å². The van der Waals surface area contributed by atoms with Crippen molar-refractivity contribution in [2.24, 2.45) is 16.9 Å². The molecule has 1 fully saturated rings. The van der Waals surface area contributed by atoms with Gasteiger partial charge in [-0.25, -0.2) is 18.2 Å². The lowest BCUT2D eigenvalue weighted by Gasteiger charge is -2.35. The largest absolute Gasteiger partial charge is 0.475 e. The second-order valence-corrected chi connectivity index (χ2v) is 7.83. The first-order valence-electron chi connectivity index (χ1n) is 8.83. The number of halogens is 4. The highest BCUT2D eigenvalue weighted by atomic mass is 35.5. The molecule has 9 heteroatoms. The van der Waals surface area contributed by atoms with Crippen molar-refractivity contribution in [3.63, 3.8) is 0 Å². The second kappa shape index (κ2) is 5.90. The highest BCUT2D eigenvalue weighted by Gasteiger charge is 2.73. The molecule has 1 aliphatic carbocycles. The molecular weight excluding hydrogens is 407 g/mol. The van der Waals surface area contributed by atoms with Crippen LogP contribution in [0, 0.1) is 11.2 Å². The van der Waals surface area contributed by atoms with Crippen molar-refractivity contribution in [1.82, 2.24) is 4.98 Å². The number of fused-ring (bicyclic) bond motifs is 2. The summed E-state index contributed by atoms with van der Waals surface area (Å²) in [6.45, 7) is 0. The van der Waals surface area contributed by atoms with Gasteiger partial charge >= 0.3 is 0 Å². The fourth-order valence-corrected chi connectivity index (χ4v) is 4.28. The van der Waals surface area contributed by atoms with Crippen LogP contribution in [0.3, 0.4) is 0 Å². The number of hydrogen-bond acceptors (Lipinski definition) is 5. The molecule has 1 saturated carbocycles. The van der Waals surface area contributed by atoms with Crippen LogP contribution in [-0.4, -0.2) is 17.5 Å². The van der Waals surface area contributed by atoms with E-state index in [1.54, 1.807) is 18.2 Å². The van der Waals surface area contributed by atoms with Crippen LogP contribution in [0.1, 0.15) is 12.0 Å². The smallest absolute Gasteiger partial charge is 0.261 e. The fraction of sp³-hybridized carbons (Fsp3) is 0.250. The summed E-state index contributed by atoms with van der Waals surface area (Å²) in [6.07, 6.45) is -2.06. The van der Waals surface area contributed by atoms with Gasteiger partial charge in [0.25, 0.3) is 6.43 Å². The van der Waals surface area contributed by atoms with Gasteiger partial charge in [-0.2, -0.15) is 0 Å². The minimum absolute atomic E-state index is 0.0177. The minimum Gasteiger partial charge on any atom is -0.475 e. The van der Waals surface area contributed by atoms with Gasteiger partial charge in [0.05, 0.1) is 5.41 Å². The molecule has 150 valence electrons. The molecule has 29 heavy (non-hydrogen) atoms. The van der Waals surface area contributed by atoms with Crippen molar-refractivity contribution in [1.29, 1.82) is 0 Å². The summed E-state index contributed by atoms with van der Waals surface area (Å²) in [7, 11) is 0. The Labute approximate surface area is 168 Å². The van der Waals surface area contributed by atoms with Crippen LogP contribution in [0.5, 0.6) is 0 Å². The molecule has 2 aliphatic rings. The molecule has 1 aromatic heterocycles. The van der Waals surface area contributed by atoms with Crippen molar-refractivity contribution >= 4 is 22.7 Å². The first kappa shape index (κ1) is 18.3. The Kier molecular flexibility index (Phi) is 3.73. The zero-order valence-electron chi connectivity index (χ0n) is 14.8. The minimum atomic E-state index is -3.06. The number of benzene rings is 2. The van der Waals surface area contributed by atoms with Gasteiger partial charge in [-0.05, 0) is 36.4 Å². The lowest BCUT2D eigenvalue weighted by Crippen LogP contribution is -2.52. The quantitative estimate of drug-likeness (QED) is 0.656. The lowest BCUT2D eigenvalue weighted by atomic mass is 9.75. The zero-order valence-corrected chi connectivity index (χ0v) is 15.6. The summed E-state index contributed by atoms with van der Waals surface area (Å²) >= 11 is 5.95. The topological polar surface area (TPSA) is 87.3 Å². The van der Waals surface area contributed by atoms with Crippen LogP contribution < -0.4 is 11.5 Å². The Balaban J connectivity index is 1.65. The molecule has 5 nitrogen and oxygen atoms in total. The van der Waals surface area contributed by atoms with Crippen molar-refractivity contribution in [2.45, 2.75) is 24.5 Å². The monoisotopic (exact) mass is 421 g/mol. The maximum absolute atomic E-state index is 14.8. The van der Waals surface area contributed by atoms with Gasteiger partial charge < -0.3 is 20.6 Å². The normalized spacial score (nSPS) is 24.9. The zero-order chi connectivity index (χ0) is 20.6. The molecular formula is C20H15ClF3N3O2. The number of rotatable bonds is 4. The van der Waals surface area contributed by atoms with E-state index in [2.05, 4.69) is 4.98 Å². The second-order valence-electron chi connectivity index (χ2n) is 7.39. The first-order chi connectivity index (χ1) is 13.7. The predicted molar refractivity (Wildman–Crippen MR) is 100 cm³/mol. The average molecular weight is 422 g/mol. The van der Waals surface area contributed by atoms with Gasteiger partial charge in [0.15, 0.2) is 11.5 Å². The third-order valence-electron chi connectivity index (χ3n) is 5.74. The molecule has 0 saturated heterocycles. The van der Waals surface area contributed by atoms with E-state index < -0.39 is 29.3 Å². The lowest BCUT2D eigenvalue weighted by molar-refractivity contribution is 0.00811. The Morgan fingerprint density at radius 3 is 2.72 bits per heavy atom. The SMILES string of the molecule is NC1=CC2([C@](N)(c3cc(-c4nc5ccc(Cl)cc5o4)ccc3F)C(F)F)C[C@H]2O1. The van der Waals surface area contributed by atoms with Crippen molar-refractivity contribution in [3.05, 3.63) is 64.8 Å². The Morgan fingerprint density at radius 1 is 1.24 bits per heavy atom. The molecule has 1 aliphatic heterocycles. The fourth-order valence-electron chi connectivity index (χ4n) is 4.12. The van der Waals surface area contributed by atoms with E-state index in [-0.39, 0.29) is 23.8 Å². The molecule has 3 aromatic rings. The molecule has 5 rings (SSSR count). The van der Waals surface area contributed by atoms with Gasteiger partial charge in [-0.3, -0.25) is 0 Å². The summed E-state index contributed by atoms with van der Waals surface area (Å²) in [6, 6.07) is 8.62. The number of nitrogens with zero attached hydrogens (tertiary/aromatic N) is 1. The first-order valence-corrected chi connectivity index (χ1v) is 9.21. The Bertz CT molecular complexity index is 1180. The van der Waals surface area contributed by atoms with E-state index in [0.717, 1.165) is 6.07 Å². The van der Waals surface area contributed by atoms with Crippen LogP contribution in [0.2, 0.25) is 5.02 Å². The molecule has 3 atom stereocenters. The summed E-state index contributed by atoms with van der Waals surface area (Å²) in [5.74, 6) is -0.693. The van der Waals surface area contributed by atoms with Crippen LogP contribution in [0.15, 0.2) is 52.8 Å². The molecule has 2 heterocycles. The number of ether oxygens (including phenoxy) is 1. The predicted octanol–water partition coefficient (Wildman–Crippen LogP) is 4.30. The van der Waals surface area contributed by atoms with Gasteiger partial charge in [0.2, 0.25) is 5.89 Å². The van der Waals surface area contributed by atoms with E-state index in [1.165, 1.54) is 18.2 Å². The Hall–Kier alpha value is -2.71. The summed E-state index contributed by atoms with van der Waals surface area (Å²) in [4.78, 5) is 4.33. The Morgan fingerprint density at radius 2 is 2.03 bits per heavy atom. The molecule has 2 aromatic carbocycles. The molecule has 4 N–H and O–H groups in total. The molecule has 0 amide bonds. The number of aromatic nitrogens is 1. The standard InChI is InChI=1S/C20H15ClF3N3O2/c21-10-2-4-13-14(6-10)28-17(27-13)9-1-3-12(22)11(5-9)20(26,18(23)24)19-7-15(19)29-16(25)8-19/h1-6,8,15,18H,7,25-26H2/t15-,19?,20+/m1/s1. The average Bonchev–Trinajstić information content (AvgIpc) is 3.04. The number of nitrogens with two attached hydrogens (primary N) is 2. The summed E-state index contributed by atoms with van der Waals surface area (Å²) in [5, 5.41) is 0.461. The molecule has 1 unspecified atom stereocenters. The van der Waals surface area contributed by atoms with E-state index in [9.17, 15) is 13.2 Å². The third kappa shape index (κ3) is 2.49. The third-order valence-corrected chi connectivity index (χ3v) is 5.97. The van der Waals surface area contributed by atoms with Crippen molar-refractivity contribution in [3.8, 4) is 11.5 Å². The number of alkyl halides is 2. The summed E-state index contributed by atoms with van der Waals surface area (Å²) in [5.41, 5.74) is 9.18. The highest BCUT2D eigenvalue weighted by Crippen LogP contribution is 2.65. The van der Waals surface area contributed by atoms with Gasteiger partial charge in [-0.15, -0.1) is 0 Å². The maximum atomic E-state index is 14.8. The van der Waals surface area contributed by atoms with E-state index in [1.807, 2.05) is 0 Å². The van der Waals surface area contributed by atoms with Gasteiger partial charge in [0, 0.05) is 28.6 Å². The molecule has 0 radical (unpaired) electrons. The van der Waals surface area contributed by atoms with Gasteiger partial charge in [0.1, 0.15) is 23.0 Å². The summed E-state index contributed by atoms with van der Waals surface area (Å²) < 4.78 is 54.3. The number of oxazole rings is 1. The molecule has 0 spiro atoms. The van der Waals surface area contributed by atoms with Crippen LogP contribution >= 0.6 is 11.6 Å². The van der Waals surface area contributed by atoms with Crippen molar-refractivity contribution in [2.75, 3.05) is 0 Å². The number of hydrogen-bond donors (Lipinski definition) is 2. The van der Waals surface area contributed by atoms with Crippen LogP contribution in [-0.2, 0) is 10.3 Å². The highest BCUT2D eigenvalue weighted by molar-refractivity contribution is 6.31. The van der Waals surface area contributed by atoms with E-state index >= 15 is 0 Å². The van der Waals surface area contributed by atoms with Gasteiger partial charge in [-0.1, -0.05) is 11.6 Å². The van der Waals surface area contributed by atoms with E-state index in [0.29, 0.717) is 21.7 Å². The van der Waals surface area contributed by atoms with Crippen LogP contribution in [0.4, 0.5) is 13.2 Å². The van der Waals surface area contributed by atoms with E-state index in [4.69, 9.17) is 32.2 Å². The maximum Gasteiger partial charge on any atom is 0.261 e. The van der Waals surface area contributed by atoms with Crippen molar-refractivity contribution < 1.29 is 22.3 Å². The molecule has 0 bridgehead atoms.